The topological polar surface area (TPSA) is 37.8 Å². The summed E-state index contributed by atoms with van der Waals surface area (Å²) in [5.41, 5.74) is 2.28. The van der Waals surface area contributed by atoms with Crippen molar-refractivity contribution in [2.75, 3.05) is 5.32 Å². The molecular formula is C21H19N3S. The molecule has 2 aromatic heterocycles. The number of anilines is 1. The summed E-state index contributed by atoms with van der Waals surface area (Å²) in [6.07, 6.45) is 1.01. The molecule has 4 rings (SSSR count). The van der Waals surface area contributed by atoms with Gasteiger partial charge in [0.15, 0.2) is 5.82 Å². The maximum absolute atomic E-state index is 4.82. The molecule has 0 unspecified atom stereocenters. The first-order valence-corrected chi connectivity index (χ1v) is 9.29. The second-order valence-corrected chi connectivity index (χ2v) is 7.00. The number of aryl methyl sites for hydroxylation is 1. The molecule has 2 aromatic carbocycles. The van der Waals surface area contributed by atoms with Crippen LogP contribution >= 0.6 is 11.3 Å². The second kappa shape index (κ2) is 7.03. The monoisotopic (exact) mass is 345 g/mol. The van der Waals surface area contributed by atoms with Crippen LogP contribution in [0.3, 0.4) is 0 Å². The molecular weight excluding hydrogens is 326 g/mol. The Hall–Kier alpha value is -2.72. The number of hydrogen-bond donors (Lipinski definition) is 1. The van der Waals surface area contributed by atoms with Crippen LogP contribution in [0.1, 0.15) is 17.4 Å². The van der Waals surface area contributed by atoms with Crippen LogP contribution in [0, 0.1) is 0 Å². The molecule has 1 N–H and O–H groups in total. The third-order valence-electron chi connectivity index (χ3n) is 4.13. The normalized spacial score (nSPS) is 10.9. The van der Waals surface area contributed by atoms with E-state index in [0.29, 0.717) is 0 Å². The minimum absolute atomic E-state index is 0.749. The summed E-state index contributed by atoms with van der Waals surface area (Å²) in [4.78, 5) is 12.0. The van der Waals surface area contributed by atoms with Crippen molar-refractivity contribution >= 4 is 27.4 Å². The lowest BCUT2D eigenvalue weighted by Gasteiger charge is -2.09. The van der Waals surface area contributed by atoms with E-state index in [0.717, 1.165) is 40.4 Å². The van der Waals surface area contributed by atoms with Gasteiger partial charge in [0.2, 0.25) is 0 Å². The summed E-state index contributed by atoms with van der Waals surface area (Å²) >= 11 is 1.75. The average molecular weight is 345 g/mol. The van der Waals surface area contributed by atoms with Gasteiger partial charge in [0.1, 0.15) is 10.6 Å². The molecule has 0 saturated heterocycles. The summed E-state index contributed by atoms with van der Waals surface area (Å²) in [6, 6.07) is 22.8. The van der Waals surface area contributed by atoms with Gasteiger partial charge in [0.05, 0.1) is 5.39 Å². The van der Waals surface area contributed by atoms with Gasteiger partial charge in [-0.25, -0.2) is 9.97 Å². The van der Waals surface area contributed by atoms with Gasteiger partial charge in [-0.05, 0) is 18.1 Å². The standard InChI is InChI=1S/C21H19N3S/c1-2-17-13-18-20(22-14-15-9-5-3-6-10-15)23-19(24-21(18)25-17)16-11-7-4-8-12-16/h3-13H,2,14H2,1H3,(H,22,23,24). The predicted molar refractivity (Wildman–Crippen MR) is 106 cm³/mol. The first kappa shape index (κ1) is 15.8. The Morgan fingerprint density at radius 2 is 1.64 bits per heavy atom. The van der Waals surface area contributed by atoms with E-state index in [1.165, 1.54) is 10.4 Å². The number of nitrogens with one attached hydrogen (secondary N) is 1. The molecule has 0 saturated carbocycles. The molecule has 4 aromatic rings. The van der Waals surface area contributed by atoms with Crippen molar-refractivity contribution in [3.63, 3.8) is 0 Å². The molecule has 0 bridgehead atoms. The van der Waals surface area contributed by atoms with Gasteiger partial charge in [0.25, 0.3) is 0 Å². The fourth-order valence-electron chi connectivity index (χ4n) is 2.78. The Labute approximate surface area is 151 Å². The summed E-state index contributed by atoms with van der Waals surface area (Å²) in [5.74, 6) is 1.68. The van der Waals surface area contributed by atoms with E-state index in [1.807, 2.05) is 24.3 Å². The van der Waals surface area contributed by atoms with Crippen molar-refractivity contribution in [2.24, 2.45) is 0 Å². The highest BCUT2D eigenvalue weighted by atomic mass is 32.1. The van der Waals surface area contributed by atoms with Crippen LogP contribution in [0.2, 0.25) is 0 Å². The molecule has 0 aliphatic carbocycles. The van der Waals surface area contributed by atoms with Crippen molar-refractivity contribution in [1.29, 1.82) is 0 Å². The summed E-state index contributed by atoms with van der Waals surface area (Å²) in [6.45, 7) is 2.92. The second-order valence-electron chi connectivity index (χ2n) is 5.89. The predicted octanol–water partition coefficient (Wildman–Crippen LogP) is 5.53. The number of benzene rings is 2. The van der Waals surface area contributed by atoms with Gasteiger partial charge in [0, 0.05) is 17.0 Å². The lowest BCUT2D eigenvalue weighted by Crippen LogP contribution is -2.03. The van der Waals surface area contributed by atoms with Crippen LogP contribution in [0.4, 0.5) is 5.82 Å². The van der Waals surface area contributed by atoms with Crippen molar-refractivity contribution in [3.05, 3.63) is 77.2 Å². The van der Waals surface area contributed by atoms with Gasteiger partial charge in [-0.3, -0.25) is 0 Å². The van der Waals surface area contributed by atoms with E-state index < -0.39 is 0 Å². The number of nitrogens with zero attached hydrogens (tertiary/aromatic N) is 2. The van der Waals surface area contributed by atoms with Crippen LogP contribution in [0.25, 0.3) is 21.6 Å². The van der Waals surface area contributed by atoms with Crippen molar-refractivity contribution in [3.8, 4) is 11.4 Å². The number of rotatable bonds is 5. The minimum atomic E-state index is 0.749. The number of thiophene rings is 1. The third kappa shape index (κ3) is 3.39. The Kier molecular flexibility index (Phi) is 4.44. The molecule has 2 heterocycles. The van der Waals surface area contributed by atoms with Gasteiger partial charge in [-0.2, -0.15) is 0 Å². The van der Waals surface area contributed by atoms with Crippen LogP contribution < -0.4 is 5.32 Å². The number of hydrogen-bond acceptors (Lipinski definition) is 4. The van der Waals surface area contributed by atoms with Gasteiger partial charge in [-0.1, -0.05) is 67.6 Å². The zero-order chi connectivity index (χ0) is 17.1. The first-order valence-electron chi connectivity index (χ1n) is 8.47. The van der Waals surface area contributed by atoms with Crippen molar-refractivity contribution in [1.82, 2.24) is 9.97 Å². The quantitative estimate of drug-likeness (QED) is 0.516. The zero-order valence-electron chi connectivity index (χ0n) is 14.1. The molecule has 0 amide bonds. The lowest BCUT2D eigenvalue weighted by atomic mass is 10.2. The van der Waals surface area contributed by atoms with E-state index in [-0.39, 0.29) is 0 Å². The van der Waals surface area contributed by atoms with E-state index in [1.54, 1.807) is 11.3 Å². The highest BCUT2D eigenvalue weighted by Gasteiger charge is 2.12. The molecule has 3 nitrogen and oxygen atoms in total. The van der Waals surface area contributed by atoms with Crippen LogP contribution in [0.5, 0.6) is 0 Å². The Morgan fingerprint density at radius 1 is 0.920 bits per heavy atom. The molecule has 0 aliphatic heterocycles. The molecule has 0 spiro atoms. The van der Waals surface area contributed by atoms with E-state index in [9.17, 15) is 0 Å². The van der Waals surface area contributed by atoms with Crippen molar-refractivity contribution in [2.45, 2.75) is 19.9 Å². The summed E-state index contributed by atoms with van der Waals surface area (Å²) in [5, 5.41) is 4.62. The summed E-state index contributed by atoms with van der Waals surface area (Å²) < 4.78 is 0. The molecule has 0 atom stereocenters. The maximum atomic E-state index is 4.82. The summed E-state index contributed by atoms with van der Waals surface area (Å²) in [7, 11) is 0. The lowest BCUT2D eigenvalue weighted by molar-refractivity contribution is 1.11. The molecule has 4 heteroatoms. The average Bonchev–Trinajstić information content (AvgIpc) is 3.11. The molecule has 124 valence electrons. The molecule has 0 aliphatic rings. The van der Waals surface area contributed by atoms with Crippen LogP contribution in [-0.4, -0.2) is 9.97 Å². The molecule has 25 heavy (non-hydrogen) atoms. The maximum Gasteiger partial charge on any atom is 0.163 e. The Balaban J connectivity index is 1.76. The van der Waals surface area contributed by atoms with E-state index >= 15 is 0 Å². The molecule has 0 fully saturated rings. The first-order chi connectivity index (χ1) is 12.3. The number of aromatic nitrogens is 2. The van der Waals surface area contributed by atoms with E-state index in [4.69, 9.17) is 9.97 Å². The Morgan fingerprint density at radius 3 is 2.36 bits per heavy atom. The third-order valence-corrected chi connectivity index (χ3v) is 5.30. The van der Waals surface area contributed by atoms with Gasteiger partial charge < -0.3 is 5.32 Å². The minimum Gasteiger partial charge on any atom is -0.365 e. The van der Waals surface area contributed by atoms with E-state index in [2.05, 4.69) is 54.7 Å². The van der Waals surface area contributed by atoms with Crippen LogP contribution in [-0.2, 0) is 13.0 Å². The van der Waals surface area contributed by atoms with Gasteiger partial charge in [-0.15, -0.1) is 11.3 Å². The zero-order valence-corrected chi connectivity index (χ0v) is 14.9. The highest BCUT2D eigenvalue weighted by Crippen LogP contribution is 2.31. The Bertz CT molecular complexity index is 978. The largest absolute Gasteiger partial charge is 0.365 e. The fraction of sp³-hybridized carbons (Fsp3) is 0.143. The smallest absolute Gasteiger partial charge is 0.163 e. The SMILES string of the molecule is CCc1cc2c(NCc3ccccc3)nc(-c3ccccc3)nc2s1. The van der Waals surface area contributed by atoms with Gasteiger partial charge >= 0.3 is 0 Å². The molecule has 0 radical (unpaired) electrons. The fourth-order valence-corrected chi connectivity index (χ4v) is 3.75. The number of fused-ring (bicyclic) bond motifs is 1. The van der Waals surface area contributed by atoms with Crippen molar-refractivity contribution < 1.29 is 0 Å². The highest BCUT2D eigenvalue weighted by molar-refractivity contribution is 7.18. The van der Waals surface area contributed by atoms with Crippen LogP contribution in [0.15, 0.2) is 66.7 Å².